The van der Waals surface area contributed by atoms with E-state index < -0.39 is 0 Å². The van der Waals surface area contributed by atoms with E-state index in [2.05, 4.69) is 27.2 Å². The summed E-state index contributed by atoms with van der Waals surface area (Å²) < 4.78 is 0. The molecule has 76 valence electrons. The Morgan fingerprint density at radius 3 is 2.71 bits per heavy atom. The molecule has 0 aliphatic carbocycles. The minimum Gasteiger partial charge on any atom is -0.314 e. The van der Waals surface area contributed by atoms with Crippen molar-refractivity contribution >= 4 is 0 Å². The highest BCUT2D eigenvalue weighted by Crippen LogP contribution is 2.06. The van der Waals surface area contributed by atoms with Crippen LogP contribution in [0.25, 0.3) is 0 Å². The molecule has 0 aromatic carbocycles. The van der Waals surface area contributed by atoms with E-state index in [4.69, 9.17) is 0 Å². The topological polar surface area (TPSA) is 41.1 Å². The number of aromatic nitrogens is 2. The molecular weight excluding hydrogens is 176 g/mol. The van der Waals surface area contributed by atoms with Crippen LogP contribution in [0.3, 0.4) is 0 Å². The van der Waals surface area contributed by atoms with E-state index in [1.165, 1.54) is 0 Å². The van der Waals surface area contributed by atoms with Crippen molar-refractivity contribution in [2.24, 2.45) is 0 Å². The average Bonchev–Trinajstić information content (AvgIpc) is 2.06. The standard InChI is InChI=1S/C10H16N4/c1-8-3-13-9(4-12-8)7-14(2)10-5-11-6-10/h3-4,10-11H,5-7H2,1-2H3. The fourth-order valence-electron chi connectivity index (χ4n) is 1.47. The van der Waals surface area contributed by atoms with Gasteiger partial charge < -0.3 is 5.32 Å². The number of hydrogen-bond acceptors (Lipinski definition) is 4. The van der Waals surface area contributed by atoms with Crippen LogP contribution in [0, 0.1) is 6.92 Å². The van der Waals surface area contributed by atoms with Crippen molar-refractivity contribution in [3.8, 4) is 0 Å². The first-order valence-electron chi connectivity index (χ1n) is 4.94. The van der Waals surface area contributed by atoms with Crippen LogP contribution in [-0.2, 0) is 6.54 Å². The third-order valence-corrected chi connectivity index (χ3v) is 2.63. The Labute approximate surface area is 84.4 Å². The van der Waals surface area contributed by atoms with Gasteiger partial charge in [0.25, 0.3) is 0 Å². The Hall–Kier alpha value is -1.00. The molecule has 0 radical (unpaired) electrons. The van der Waals surface area contributed by atoms with Crippen molar-refractivity contribution in [2.75, 3.05) is 20.1 Å². The van der Waals surface area contributed by atoms with E-state index in [0.717, 1.165) is 31.0 Å². The molecule has 0 saturated carbocycles. The van der Waals surface area contributed by atoms with E-state index in [1.54, 1.807) is 0 Å². The van der Waals surface area contributed by atoms with Crippen molar-refractivity contribution in [3.63, 3.8) is 0 Å². The average molecular weight is 192 g/mol. The number of rotatable bonds is 3. The minimum absolute atomic E-state index is 0.665. The Morgan fingerprint density at radius 2 is 2.21 bits per heavy atom. The summed E-state index contributed by atoms with van der Waals surface area (Å²) in [7, 11) is 2.13. The largest absolute Gasteiger partial charge is 0.314 e. The van der Waals surface area contributed by atoms with Gasteiger partial charge in [0.05, 0.1) is 11.4 Å². The Bertz CT molecular complexity index is 291. The predicted molar refractivity (Wildman–Crippen MR) is 54.9 cm³/mol. The molecule has 1 aliphatic heterocycles. The second kappa shape index (κ2) is 4.02. The maximum Gasteiger partial charge on any atom is 0.0727 e. The zero-order chi connectivity index (χ0) is 9.97. The van der Waals surface area contributed by atoms with Crippen LogP contribution in [0.4, 0.5) is 0 Å². The number of aryl methyl sites for hydroxylation is 1. The molecule has 1 saturated heterocycles. The summed E-state index contributed by atoms with van der Waals surface area (Å²) in [4.78, 5) is 10.9. The summed E-state index contributed by atoms with van der Waals surface area (Å²) in [5, 5.41) is 3.26. The Morgan fingerprint density at radius 1 is 1.43 bits per heavy atom. The van der Waals surface area contributed by atoms with Crippen LogP contribution in [0.1, 0.15) is 11.4 Å². The highest BCUT2D eigenvalue weighted by Gasteiger charge is 2.21. The van der Waals surface area contributed by atoms with Crippen molar-refractivity contribution in [3.05, 3.63) is 23.8 Å². The summed E-state index contributed by atoms with van der Waals surface area (Å²) in [5.74, 6) is 0. The highest BCUT2D eigenvalue weighted by atomic mass is 15.2. The summed E-state index contributed by atoms with van der Waals surface area (Å²) in [6.45, 7) is 5.03. The molecule has 4 heteroatoms. The first kappa shape index (κ1) is 9.55. The molecule has 2 heterocycles. The number of nitrogens with one attached hydrogen (secondary N) is 1. The van der Waals surface area contributed by atoms with Gasteiger partial charge in [-0.3, -0.25) is 14.9 Å². The van der Waals surface area contributed by atoms with E-state index in [0.29, 0.717) is 6.04 Å². The first-order chi connectivity index (χ1) is 6.75. The van der Waals surface area contributed by atoms with Crippen LogP contribution in [0.15, 0.2) is 12.4 Å². The fraction of sp³-hybridized carbons (Fsp3) is 0.600. The van der Waals surface area contributed by atoms with Gasteiger partial charge in [0, 0.05) is 38.1 Å². The van der Waals surface area contributed by atoms with Gasteiger partial charge in [-0.05, 0) is 14.0 Å². The van der Waals surface area contributed by atoms with E-state index in [9.17, 15) is 0 Å². The lowest BCUT2D eigenvalue weighted by Crippen LogP contribution is -2.55. The van der Waals surface area contributed by atoms with Crippen molar-refractivity contribution in [1.82, 2.24) is 20.2 Å². The van der Waals surface area contributed by atoms with Gasteiger partial charge in [0.1, 0.15) is 0 Å². The van der Waals surface area contributed by atoms with Crippen molar-refractivity contribution in [1.29, 1.82) is 0 Å². The smallest absolute Gasteiger partial charge is 0.0727 e. The monoisotopic (exact) mass is 192 g/mol. The molecule has 1 aromatic heterocycles. The van der Waals surface area contributed by atoms with Crippen LogP contribution < -0.4 is 5.32 Å². The summed E-state index contributed by atoms with van der Waals surface area (Å²) in [5.41, 5.74) is 2.02. The minimum atomic E-state index is 0.665. The SMILES string of the molecule is Cc1cnc(CN(C)C2CNC2)cn1. The van der Waals surface area contributed by atoms with E-state index >= 15 is 0 Å². The van der Waals surface area contributed by atoms with Gasteiger partial charge in [-0.2, -0.15) is 0 Å². The molecule has 1 aliphatic rings. The summed E-state index contributed by atoms with van der Waals surface area (Å²) >= 11 is 0. The molecule has 2 rings (SSSR count). The lowest BCUT2D eigenvalue weighted by molar-refractivity contribution is 0.171. The lowest BCUT2D eigenvalue weighted by Gasteiger charge is -2.35. The fourth-order valence-corrected chi connectivity index (χ4v) is 1.47. The number of likely N-dealkylation sites (N-methyl/N-ethyl adjacent to an activating group) is 1. The Balaban J connectivity index is 1.92. The summed E-state index contributed by atoms with van der Waals surface area (Å²) in [6.07, 6.45) is 3.68. The second-order valence-corrected chi connectivity index (χ2v) is 3.88. The third-order valence-electron chi connectivity index (χ3n) is 2.63. The first-order valence-corrected chi connectivity index (χ1v) is 4.94. The van der Waals surface area contributed by atoms with Crippen LogP contribution in [-0.4, -0.2) is 41.0 Å². The third kappa shape index (κ3) is 2.08. The molecule has 0 spiro atoms. The van der Waals surface area contributed by atoms with Crippen LogP contribution >= 0.6 is 0 Å². The molecule has 1 N–H and O–H groups in total. The van der Waals surface area contributed by atoms with E-state index in [1.807, 2.05) is 19.3 Å². The van der Waals surface area contributed by atoms with Gasteiger partial charge in [0.2, 0.25) is 0 Å². The van der Waals surface area contributed by atoms with Gasteiger partial charge >= 0.3 is 0 Å². The maximum atomic E-state index is 4.33. The number of nitrogens with zero attached hydrogens (tertiary/aromatic N) is 3. The Kier molecular flexibility index (Phi) is 2.74. The van der Waals surface area contributed by atoms with Crippen molar-refractivity contribution < 1.29 is 0 Å². The zero-order valence-corrected chi connectivity index (χ0v) is 8.70. The van der Waals surface area contributed by atoms with Gasteiger partial charge in [-0.1, -0.05) is 0 Å². The van der Waals surface area contributed by atoms with Crippen molar-refractivity contribution in [2.45, 2.75) is 19.5 Å². The number of hydrogen-bond donors (Lipinski definition) is 1. The quantitative estimate of drug-likeness (QED) is 0.742. The highest BCUT2D eigenvalue weighted by molar-refractivity contribution is 5.01. The van der Waals surface area contributed by atoms with Gasteiger partial charge in [-0.25, -0.2) is 0 Å². The van der Waals surface area contributed by atoms with E-state index in [-0.39, 0.29) is 0 Å². The molecule has 4 nitrogen and oxygen atoms in total. The van der Waals surface area contributed by atoms with Crippen LogP contribution in [0.5, 0.6) is 0 Å². The summed E-state index contributed by atoms with van der Waals surface area (Å²) in [6, 6.07) is 0.665. The molecule has 0 unspecified atom stereocenters. The molecule has 14 heavy (non-hydrogen) atoms. The molecule has 0 atom stereocenters. The molecular formula is C10H16N4. The predicted octanol–water partition coefficient (Wildman–Crippen LogP) is 0.189. The molecule has 1 aromatic rings. The van der Waals surface area contributed by atoms with Crippen LogP contribution in [0.2, 0.25) is 0 Å². The maximum absolute atomic E-state index is 4.33. The van der Waals surface area contributed by atoms with Gasteiger partial charge in [0.15, 0.2) is 0 Å². The normalized spacial score (nSPS) is 17.1. The van der Waals surface area contributed by atoms with Gasteiger partial charge in [-0.15, -0.1) is 0 Å². The molecule has 0 bridgehead atoms. The second-order valence-electron chi connectivity index (χ2n) is 3.88. The lowest BCUT2D eigenvalue weighted by atomic mass is 10.1. The molecule has 0 amide bonds. The zero-order valence-electron chi connectivity index (χ0n) is 8.70. The molecule has 1 fully saturated rings.